The molecule has 0 spiro atoms. The van der Waals surface area contributed by atoms with Crippen LogP contribution in [0.2, 0.25) is 0 Å². The second kappa shape index (κ2) is 7.41. The molecule has 3 aromatic rings. The smallest absolute Gasteiger partial charge is 0.408 e. The summed E-state index contributed by atoms with van der Waals surface area (Å²) in [4.78, 5) is 13.8. The van der Waals surface area contributed by atoms with Crippen molar-refractivity contribution in [3.8, 4) is 0 Å². The maximum atomic E-state index is 12.5. The molecule has 2 N–H and O–H groups in total. The topological polar surface area (TPSA) is 130 Å². The molecule has 0 radical (unpaired) electrons. The molecule has 0 bridgehead atoms. The fraction of sp³-hybridized carbons (Fsp3) is 0.278. The molecule has 1 aliphatic heterocycles. The molecule has 9 nitrogen and oxygen atoms in total. The van der Waals surface area contributed by atoms with Gasteiger partial charge in [-0.15, -0.1) is 0 Å². The lowest BCUT2D eigenvalue weighted by Gasteiger charge is -2.15. The summed E-state index contributed by atoms with van der Waals surface area (Å²) in [5.41, 5.74) is 1.17. The van der Waals surface area contributed by atoms with Gasteiger partial charge in [0.05, 0.1) is 15.3 Å². The van der Waals surface area contributed by atoms with Gasteiger partial charge in [-0.1, -0.05) is 12.1 Å². The van der Waals surface area contributed by atoms with E-state index in [0.717, 1.165) is 12.8 Å². The number of rotatable bonds is 6. The van der Waals surface area contributed by atoms with E-state index in [-0.39, 0.29) is 21.9 Å². The van der Waals surface area contributed by atoms with Gasteiger partial charge in [0, 0.05) is 25.7 Å². The molecule has 1 saturated heterocycles. The van der Waals surface area contributed by atoms with Crippen LogP contribution in [0, 0.1) is 0 Å². The summed E-state index contributed by atoms with van der Waals surface area (Å²) >= 11 is 0. The summed E-state index contributed by atoms with van der Waals surface area (Å²) in [5, 5.41) is 0. The van der Waals surface area contributed by atoms with E-state index in [1.807, 2.05) is 0 Å². The predicted molar refractivity (Wildman–Crippen MR) is 105 cm³/mol. The number of hydrogen-bond acceptors (Lipinski definition) is 6. The Hall–Kier alpha value is -2.47. The molecule has 0 saturated carbocycles. The summed E-state index contributed by atoms with van der Waals surface area (Å²) in [6.07, 6.45) is 1.72. The minimum atomic E-state index is -3.84. The van der Waals surface area contributed by atoms with Crippen LogP contribution in [0.3, 0.4) is 0 Å². The number of oxazole rings is 1. The highest BCUT2D eigenvalue weighted by Gasteiger charge is 2.27. The largest absolute Gasteiger partial charge is 0.417 e. The highest BCUT2D eigenvalue weighted by atomic mass is 32.2. The van der Waals surface area contributed by atoms with Crippen LogP contribution in [0.5, 0.6) is 0 Å². The zero-order valence-corrected chi connectivity index (χ0v) is 16.9. The predicted octanol–water partition coefficient (Wildman–Crippen LogP) is 1.38. The second-order valence-corrected chi connectivity index (χ2v) is 10.5. The molecule has 1 aliphatic rings. The molecule has 0 unspecified atom stereocenters. The van der Waals surface area contributed by atoms with Crippen molar-refractivity contribution in [2.24, 2.45) is 0 Å². The molecule has 154 valence electrons. The van der Waals surface area contributed by atoms with Crippen LogP contribution < -0.4 is 10.5 Å². The maximum Gasteiger partial charge on any atom is 0.417 e. The van der Waals surface area contributed by atoms with Gasteiger partial charge >= 0.3 is 5.76 Å². The monoisotopic (exact) mass is 437 g/mol. The number of H-pyrrole nitrogens is 1. The summed E-state index contributed by atoms with van der Waals surface area (Å²) < 4.78 is 58.9. The van der Waals surface area contributed by atoms with Crippen LogP contribution in [-0.2, 0) is 26.6 Å². The molecule has 1 fully saturated rings. The van der Waals surface area contributed by atoms with E-state index >= 15 is 0 Å². The highest BCUT2D eigenvalue weighted by molar-refractivity contribution is 7.89. The number of sulfonamides is 2. The normalized spacial score (nSPS) is 15.9. The molecule has 0 atom stereocenters. The lowest BCUT2D eigenvalue weighted by Crippen LogP contribution is -2.28. The number of fused-ring (bicyclic) bond motifs is 1. The Balaban J connectivity index is 1.48. The van der Waals surface area contributed by atoms with Crippen molar-refractivity contribution in [3.05, 3.63) is 58.6 Å². The van der Waals surface area contributed by atoms with Crippen molar-refractivity contribution >= 4 is 31.1 Å². The van der Waals surface area contributed by atoms with Gasteiger partial charge in [0.2, 0.25) is 20.0 Å². The Morgan fingerprint density at radius 3 is 2.31 bits per heavy atom. The molecule has 11 heteroatoms. The first-order valence-corrected chi connectivity index (χ1v) is 11.9. The van der Waals surface area contributed by atoms with E-state index in [1.54, 1.807) is 12.1 Å². The fourth-order valence-electron chi connectivity index (χ4n) is 3.21. The average molecular weight is 437 g/mol. The van der Waals surface area contributed by atoms with E-state index in [9.17, 15) is 21.6 Å². The lowest BCUT2D eigenvalue weighted by atomic mass is 10.2. The first-order valence-electron chi connectivity index (χ1n) is 8.97. The van der Waals surface area contributed by atoms with Gasteiger partial charge in [0.25, 0.3) is 0 Å². The van der Waals surface area contributed by atoms with E-state index in [4.69, 9.17) is 4.42 Å². The van der Waals surface area contributed by atoms with Crippen LogP contribution >= 0.6 is 0 Å². The van der Waals surface area contributed by atoms with Gasteiger partial charge in [-0.25, -0.2) is 26.4 Å². The molecule has 2 heterocycles. The van der Waals surface area contributed by atoms with E-state index in [0.29, 0.717) is 24.2 Å². The van der Waals surface area contributed by atoms with Crippen molar-refractivity contribution in [3.63, 3.8) is 0 Å². The van der Waals surface area contributed by atoms with Crippen LogP contribution in [0.1, 0.15) is 18.4 Å². The third kappa shape index (κ3) is 3.99. The molecule has 0 amide bonds. The Bertz CT molecular complexity index is 1300. The Kier molecular flexibility index (Phi) is 5.07. The molecule has 2 aromatic carbocycles. The number of aromatic amines is 1. The van der Waals surface area contributed by atoms with E-state index in [1.165, 1.54) is 34.6 Å². The van der Waals surface area contributed by atoms with Gasteiger partial charge < -0.3 is 4.42 Å². The number of nitrogens with zero attached hydrogens (tertiary/aromatic N) is 1. The van der Waals surface area contributed by atoms with Gasteiger partial charge in [-0.3, -0.25) is 4.98 Å². The summed E-state index contributed by atoms with van der Waals surface area (Å²) in [6, 6.07) is 10.2. The minimum Gasteiger partial charge on any atom is -0.408 e. The van der Waals surface area contributed by atoms with Gasteiger partial charge in [-0.05, 0) is 42.7 Å². The van der Waals surface area contributed by atoms with Gasteiger partial charge in [-0.2, -0.15) is 4.31 Å². The van der Waals surface area contributed by atoms with Gasteiger partial charge in [0.1, 0.15) is 0 Å². The maximum absolute atomic E-state index is 12.5. The second-order valence-electron chi connectivity index (χ2n) is 6.75. The lowest BCUT2D eigenvalue weighted by molar-refractivity contribution is 0.477. The first kappa shape index (κ1) is 19.8. The van der Waals surface area contributed by atoms with E-state index in [2.05, 4.69) is 9.71 Å². The number of hydrogen-bond donors (Lipinski definition) is 2. The Morgan fingerprint density at radius 1 is 0.966 bits per heavy atom. The van der Waals surface area contributed by atoms with Crippen LogP contribution in [0.4, 0.5) is 0 Å². The number of benzene rings is 2. The minimum absolute atomic E-state index is 0.0124. The van der Waals surface area contributed by atoms with Gasteiger partial charge in [0.15, 0.2) is 5.58 Å². The van der Waals surface area contributed by atoms with Crippen molar-refractivity contribution in [1.29, 1.82) is 0 Å². The molecular weight excluding hydrogens is 418 g/mol. The average Bonchev–Trinajstić information content (AvgIpc) is 3.35. The molecule has 0 aliphatic carbocycles. The molecule has 29 heavy (non-hydrogen) atoms. The SMILES string of the molecule is O=c1[nH]c2ccc(S(=O)(=O)NCc3ccc(S(=O)(=O)N4CCCC4)cc3)cc2o1. The summed E-state index contributed by atoms with van der Waals surface area (Å²) in [5.74, 6) is -0.661. The number of nitrogens with one attached hydrogen (secondary N) is 2. The summed E-state index contributed by atoms with van der Waals surface area (Å²) in [6.45, 7) is 1.03. The van der Waals surface area contributed by atoms with Crippen molar-refractivity contribution in [2.45, 2.75) is 29.2 Å². The quantitative estimate of drug-likeness (QED) is 0.599. The third-order valence-corrected chi connectivity index (χ3v) is 8.11. The molecule has 1 aromatic heterocycles. The zero-order chi connectivity index (χ0) is 20.6. The zero-order valence-electron chi connectivity index (χ0n) is 15.3. The summed E-state index contributed by atoms with van der Waals surface area (Å²) in [7, 11) is -7.35. The van der Waals surface area contributed by atoms with Crippen LogP contribution in [-0.4, -0.2) is 39.2 Å². The standard InChI is InChI=1S/C18H19N3O6S2/c22-18-20-16-8-7-15(11-17(16)27-18)28(23,24)19-12-13-3-5-14(6-4-13)29(25,26)21-9-1-2-10-21/h3-8,11,19H,1-2,9-10,12H2,(H,20,22). The molecular formula is C18H19N3O6S2. The first-order chi connectivity index (χ1) is 13.8. The van der Waals surface area contributed by atoms with Crippen molar-refractivity contribution < 1.29 is 21.3 Å². The third-order valence-electron chi connectivity index (χ3n) is 4.80. The molecule has 4 rings (SSSR count). The Labute approximate surface area is 167 Å². The number of aromatic nitrogens is 1. The van der Waals surface area contributed by atoms with Crippen LogP contribution in [0.25, 0.3) is 11.1 Å². The van der Waals surface area contributed by atoms with Crippen LogP contribution in [0.15, 0.2) is 61.5 Å². The fourth-order valence-corrected chi connectivity index (χ4v) is 5.76. The van der Waals surface area contributed by atoms with E-state index < -0.39 is 25.8 Å². The van der Waals surface area contributed by atoms with Crippen molar-refractivity contribution in [1.82, 2.24) is 14.0 Å². The highest BCUT2D eigenvalue weighted by Crippen LogP contribution is 2.21. The Morgan fingerprint density at radius 2 is 1.62 bits per heavy atom. The van der Waals surface area contributed by atoms with Crippen molar-refractivity contribution in [2.75, 3.05) is 13.1 Å².